The first-order chi connectivity index (χ1) is 18.2. The lowest BCUT2D eigenvalue weighted by atomic mass is 9.91. The number of nitrogens with zero attached hydrogens (tertiary/aromatic N) is 1. The molecule has 0 aromatic heterocycles. The summed E-state index contributed by atoms with van der Waals surface area (Å²) in [5, 5.41) is 17.9. The molecule has 1 heterocycles. The van der Waals surface area contributed by atoms with Crippen LogP contribution < -0.4 is 16.0 Å². The van der Waals surface area contributed by atoms with E-state index < -0.39 is 89.7 Å². The molecule has 0 radical (unpaired) electrons. The Hall–Kier alpha value is -2.63. The van der Waals surface area contributed by atoms with Crippen molar-refractivity contribution in [2.75, 3.05) is 6.54 Å². The van der Waals surface area contributed by atoms with Gasteiger partial charge in [0.2, 0.25) is 23.5 Å². The van der Waals surface area contributed by atoms with Gasteiger partial charge in [-0.1, -0.05) is 41.0 Å². The summed E-state index contributed by atoms with van der Waals surface area (Å²) in [4.78, 5) is 66.2. The van der Waals surface area contributed by atoms with Crippen LogP contribution in [0.3, 0.4) is 0 Å². The van der Waals surface area contributed by atoms with Gasteiger partial charge in [0.25, 0.3) is 11.8 Å². The van der Waals surface area contributed by atoms with E-state index in [1.165, 1.54) is 0 Å². The van der Waals surface area contributed by atoms with Crippen molar-refractivity contribution >= 4 is 29.4 Å². The maximum Gasteiger partial charge on any atom is 0.289 e. The summed E-state index contributed by atoms with van der Waals surface area (Å²) in [5.41, 5.74) is 0. The van der Waals surface area contributed by atoms with E-state index in [0.717, 1.165) is 17.7 Å². The number of halogens is 2. The molecule has 0 spiro atoms. The Balaban J connectivity index is 1.85. The molecule has 3 rings (SSSR count). The minimum atomic E-state index is -3.08. The number of fused-ring (bicyclic) bond motifs is 1. The second-order valence-electron chi connectivity index (χ2n) is 11.9. The molecule has 10 nitrogen and oxygen atoms in total. The van der Waals surface area contributed by atoms with Crippen LogP contribution in [0, 0.1) is 23.7 Å². The summed E-state index contributed by atoms with van der Waals surface area (Å²) < 4.78 is 29.6. The second-order valence-corrected chi connectivity index (χ2v) is 11.9. The van der Waals surface area contributed by atoms with E-state index in [2.05, 4.69) is 16.0 Å². The molecule has 2 saturated carbocycles. The summed E-state index contributed by atoms with van der Waals surface area (Å²) in [6.07, 6.45) is 0.432. The van der Waals surface area contributed by atoms with Crippen molar-refractivity contribution in [1.29, 1.82) is 0 Å². The van der Waals surface area contributed by atoms with E-state index in [-0.39, 0.29) is 25.4 Å². The average Bonchev–Trinajstić information content (AvgIpc) is 3.51. The van der Waals surface area contributed by atoms with Gasteiger partial charge in [-0.15, -0.1) is 0 Å². The van der Waals surface area contributed by atoms with Crippen molar-refractivity contribution in [3.63, 3.8) is 0 Å². The van der Waals surface area contributed by atoms with Crippen molar-refractivity contribution in [3.05, 3.63) is 0 Å². The number of hydrogen-bond acceptors (Lipinski definition) is 6. The zero-order valence-electron chi connectivity index (χ0n) is 23.3. The number of rotatable bonds is 12. The van der Waals surface area contributed by atoms with Crippen LogP contribution in [-0.2, 0) is 24.0 Å². The van der Waals surface area contributed by atoms with Gasteiger partial charge >= 0.3 is 0 Å². The molecule has 3 aliphatic rings. The predicted octanol–water partition coefficient (Wildman–Crippen LogP) is 1.15. The van der Waals surface area contributed by atoms with Crippen LogP contribution in [0.2, 0.25) is 0 Å². The number of alkyl halides is 2. The number of carbonyl (C=O) groups excluding carboxylic acids is 5. The molecule has 39 heavy (non-hydrogen) atoms. The van der Waals surface area contributed by atoms with Crippen molar-refractivity contribution < 1.29 is 37.9 Å². The minimum absolute atomic E-state index is 0.0128. The first-order valence-electron chi connectivity index (χ1n) is 14.0. The molecule has 2 aliphatic carbocycles. The molecule has 4 N–H and O–H groups in total. The number of amides is 4. The summed E-state index contributed by atoms with van der Waals surface area (Å²) in [6.45, 7) is 8.01. The van der Waals surface area contributed by atoms with Gasteiger partial charge in [0.15, 0.2) is 0 Å². The number of hydrogen-bond donors (Lipinski definition) is 4. The maximum atomic E-state index is 14.8. The number of Topliss-reactive ketones (excluding diaryl/α,β-unsaturated/α-hetero) is 1. The first kappa shape index (κ1) is 30.9. The maximum absolute atomic E-state index is 14.8. The van der Waals surface area contributed by atoms with E-state index in [4.69, 9.17) is 0 Å². The lowest BCUT2D eigenvalue weighted by Gasteiger charge is -2.33. The van der Waals surface area contributed by atoms with Gasteiger partial charge in [0.05, 0.1) is 6.04 Å². The Bertz CT molecular complexity index is 970. The van der Waals surface area contributed by atoms with E-state index in [9.17, 15) is 37.9 Å². The number of aliphatic hydroxyl groups excluding tert-OH is 1. The van der Waals surface area contributed by atoms with E-state index >= 15 is 0 Å². The SMILES string of the molecule is CCCC(NC(=O)C1[C@H]2CCC(F)(F)[C@H]2CN1C(=O)[C@@H](NC(=O)[C@@H](O)C(C)C)C(C)C)C(=O)C(=O)NC1CC1. The molecule has 1 aliphatic heterocycles. The summed E-state index contributed by atoms with van der Waals surface area (Å²) in [7, 11) is 0. The highest BCUT2D eigenvalue weighted by Gasteiger charge is 2.61. The summed E-state index contributed by atoms with van der Waals surface area (Å²) >= 11 is 0. The number of nitrogens with one attached hydrogen (secondary N) is 3. The van der Waals surface area contributed by atoms with Crippen molar-refractivity contribution in [2.24, 2.45) is 23.7 Å². The van der Waals surface area contributed by atoms with Crippen molar-refractivity contribution in [2.45, 2.75) is 109 Å². The molecule has 12 heteroatoms. The van der Waals surface area contributed by atoms with Crippen LogP contribution in [0.5, 0.6) is 0 Å². The normalized spacial score (nSPS) is 26.1. The Labute approximate surface area is 228 Å². The molecule has 2 unspecified atom stereocenters. The molecule has 4 amide bonds. The fourth-order valence-corrected chi connectivity index (χ4v) is 5.52. The lowest BCUT2D eigenvalue weighted by molar-refractivity contribution is -0.146. The second kappa shape index (κ2) is 12.3. The van der Waals surface area contributed by atoms with Crippen LogP contribution in [0.15, 0.2) is 0 Å². The molecule has 6 atom stereocenters. The molecular weight excluding hydrogens is 514 g/mol. The van der Waals surface area contributed by atoms with Gasteiger partial charge in [-0.2, -0.15) is 0 Å². The topological polar surface area (TPSA) is 145 Å². The largest absolute Gasteiger partial charge is 0.383 e. The smallest absolute Gasteiger partial charge is 0.289 e. The van der Waals surface area contributed by atoms with E-state index in [1.54, 1.807) is 34.6 Å². The van der Waals surface area contributed by atoms with Crippen molar-refractivity contribution in [3.8, 4) is 0 Å². The van der Waals surface area contributed by atoms with Gasteiger partial charge in [-0.3, -0.25) is 24.0 Å². The summed E-state index contributed by atoms with van der Waals surface area (Å²) in [6, 6.07) is -3.66. The van der Waals surface area contributed by atoms with Gasteiger partial charge in [-0.25, -0.2) is 8.78 Å². The number of likely N-dealkylation sites (tertiary alicyclic amines) is 1. The predicted molar refractivity (Wildman–Crippen MR) is 137 cm³/mol. The zero-order valence-corrected chi connectivity index (χ0v) is 23.3. The number of ketones is 1. The van der Waals surface area contributed by atoms with E-state index in [1.807, 2.05) is 0 Å². The number of carbonyl (C=O) groups is 5. The summed E-state index contributed by atoms with van der Waals surface area (Å²) in [5.74, 6) is -9.90. The fourth-order valence-electron chi connectivity index (χ4n) is 5.52. The molecular formula is C27H42F2N4O6. The first-order valence-corrected chi connectivity index (χ1v) is 14.0. The molecule has 0 bridgehead atoms. The molecule has 3 fully saturated rings. The Kier molecular flexibility index (Phi) is 9.72. The van der Waals surface area contributed by atoms with Crippen LogP contribution in [-0.4, -0.2) is 82.2 Å². The lowest BCUT2D eigenvalue weighted by Crippen LogP contribution is -2.59. The van der Waals surface area contributed by atoms with Gasteiger partial charge in [0, 0.05) is 24.9 Å². The fraction of sp³-hybridized carbons (Fsp3) is 0.815. The van der Waals surface area contributed by atoms with Crippen LogP contribution >= 0.6 is 0 Å². The van der Waals surface area contributed by atoms with Crippen LogP contribution in [0.25, 0.3) is 0 Å². The molecule has 220 valence electrons. The average molecular weight is 557 g/mol. The third-order valence-electron chi connectivity index (χ3n) is 8.03. The highest BCUT2D eigenvalue weighted by molar-refractivity contribution is 6.38. The Morgan fingerprint density at radius 2 is 1.64 bits per heavy atom. The van der Waals surface area contributed by atoms with Crippen LogP contribution in [0.4, 0.5) is 8.78 Å². The van der Waals surface area contributed by atoms with Gasteiger partial charge < -0.3 is 26.0 Å². The third-order valence-corrected chi connectivity index (χ3v) is 8.03. The van der Waals surface area contributed by atoms with E-state index in [0.29, 0.717) is 6.42 Å². The standard InChI is InChI=1S/C27H42F2N4O6/c1-6-7-18(22(35)25(38)30-15-8-9-15)31-23(36)20-16-10-11-27(28,29)17(16)12-33(20)26(39)19(13(2)3)32-24(37)21(34)14(4)5/h13-21,34H,6-12H2,1-5H3,(H,30,38)(H,31,36)(H,32,37)/t16-,17-,18?,19-,20?,21-/m0/s1. The highest BCUT2D eigenvalue weighted by atomic mass is 19.3. The molecule has 0 aromatic rings. The quantitative estimate of drug-likeness (QED) is 0.266. The van der Waals surface area contributed by atoms with Crippen molar-refractivity contribution in [1.82, 2.24) is 20.9 Å². The Morgan fingerprint density at radius 3 is 2.18 bits per heavy atom. The molecule has 1 saturated heterocycles. The van der Waals surface area contributed by atoms with Crippen LogP contribution in [0.1, 0.15) is 73.1 Å². The monoisotopic (exact) mass is 556 g/mol. The third kappa shape index (κ3) is 6.93. The van der Waals surface area contributed by atoms with Gasteiger partial charge in [0.1, 0.15) is 18.2 Å². The molecule has 0 aromatic carbocycles. The number of aliphatic hydroxyl groups is 1. The minimum Gasteiger partial charge on any atom is -0.383 e. The zero-order chi connectivity index (χ0) is 29.2. The Morgan fingerprint density at radius 1 is 1.00 bits per heavy atom. The highest BCUT2D eigenvalue weighted by Crippen LogP contribution is 2.51. The van der Waals surface area contributed by atoms with Gasteiger partial charge in [-0.05, 0) is 43.4 Å².